The third-order valence-corrected chi connectivity index (χ3v) is 10.2. The number of allylic oxidation sites excluding steroid dienone is 5. The summed E-state index contributed by atoms with van der Waals surface area (Å²) < 4.78 is 27.6. The maximum absolute atomic E-state index is 12.0. The van der Waals surface area contributed by atoms with Crippen molar-refractivity contribution in [3.05, 3.63) is 65.3 Å². The van der Waals surface area contributed by atoms with Gasteiger partial charge in [0, 0.05) is 0 Å². The Morgan fingerprint density at radius 2 is 2.00 bits per heavy atom. The first-order valence-electron chi connectivity index (χ1n) is 12.2. The average Bonchev–Trinajstić information content (AvgIpc) is 3.40. The van der Waals surface area contributed by atoms with E-state index in [1.807, 2.05) is 6.92 Å². The summed E-state index contributed by atoms with van der Waals surface area (Å²) in [5.41, 5.74) is 6.52. The van der Waals surface area contributed by atoms with Crippen LogP contribution in [0.5, 0.6) is 0 Å². The molecule has 1 aromatic rings. The zero-order valence-electron chi connectivity index (χ0n) is 20.8. The molecular weight excluding hydrogens is 470 g/mol. The van der Waals surface area contributed by atoms with Gasteiger partial charge >= 0.3 is 174 Å². The van der Waals surface area contributed by atoms with Crippen molar-refractivity contribution in [2.75, 3.05) is 13.3 Å². The van der Waals surface area contributed by atoms with Gasteiger partial charge in [0.15, 0.2) is 0 Å². The molecule has 2 N–H and O–H groups in total. The van der Waals surface area contributed by atoms with Crippen LogP contribution in [0.4, 0.5) is 0 Å². The predicted octanol–water partition coefficient (Wildman–Crippen LogP) is 7.32. The molecule has 0 saturated heterocycles. The first-order chi connectivity index (χ1) is 16.0. The van der Waals surface area contributed by atoms with E-state index in [2.05, 4.69) is 56.8 Å². The fourth-order valence-corrected chi connectivity index (χ4v) is 8.19. The van der Waals surface area contributed by atoms with Crippen molar-refractivity contribution < 1.29 is 27.7 Å². The van der Waals surface area contributed by atoms with Crippen LogP contribution < -0.4 is 0 Å². The second kappa shape index (κ2) is 11.8. The molecule has 0 radical (unpaired) electrons. The maximum atomic E-state index is 12.0. The summed E-state index contributed by atoms with van der Waals surface area (Å²) in [5, 5.41) is 0. The molecule has 0 heterocycles. The Morgan fingerprint density at radius 3 is 2.62 bits per heavy atom. The number of hydrogen-bond acceptors (Lipinski definition) is 5. The molecule has 0 spiro atoms. The first kappa shape index (κ1) is 27.5. The molecule has 34 heavy (non-hydrogen) atoms. The van der Waals surface area contributed by atoms with Gasteiger partial charge in [-0.1, -0.05) is 12.2 Å². The Hall–Kier alpha value is -1.10. The molecule has 0 amide bonds. The van der Waals surface area contributed by atoms with Gasteiger partial charge in [-0.15, -0.1) is 0 Å². The van der Waals surface area contributed by atoms with Crippen molar-refractivity contribution in [2.24, 2.45) is 5.92 Å². The van der Waals surface area contributed by atoms with Crippen molar-refractivity contribution in [1.29, 1.82) is 0 Å². The standard InChI is InChI=1S/C26H40O6P2/c1-6-16-30-34(28,29)32-33(5,27)31-25-15-14-24(18-25)21(4)17-20(3)22-10-12-23(13-11-22)26-9-7-8-19(26)2/h7-8,10-13,20,24-25,27,33H,4,6,9,14-18H2,1-3,5H3,(H,28,29)/t20?,24-,25?/m0/s1. The molecule has 0 aliphatic heterocycles. The Labute approximate surface area is 204 Å². The minimum absolute atomic E-state index is 0.0825. The molecule has 1 fully saturated rings. The van der Waals surface area contributed by atoms with Gasteiger partial charge in [-0.3, -0.25) is 0 Å². The summed E-state index contributed by atoms with van der Waals surface area (Å²) in [4.78, 5) is 20.3. The van der Waals surface area contributed by atoms with Gasteiger partial charge in [0.05, 0.1) is 0 Å². The Bertz CT molecular complexity index is 966. The summed E-state index contributed by atoms with van der Waals surface area (Å²) in [6.45, 7) is 12.0. The summed E-state index contributed by atoms with van der Waals surface area (Å²) in [6.07, 6.45) is 9.04. The Balaban J connectivity index is 1.49. The normalized spacial score (nSPS) is 23.8. The SMILES string of the molecule is C=C(CC(C)c1ccc(C2=C(C)C=CC2)cc1)[C@H]1CCC(O[PH](C)(O)OP(=O)(O)OCCC)C1. The molecule has 4 atom stereocenters. The molecule has 3 unspecified atom stereocenters. The second-order valence-corrected chi connectivity index (χ2v) is 13.7. The van der Waals surface area contributed by atoms with Crippen molar-refractivity contribution in [2.45, 2.75) is 71.3 Å². The van der Waals surface area contributed by atoms with Crippen molar-refractivity contribution >= 4 is 21.3 Å². The number of phosphoric acid groups is 1. The van der Waals surface area contributed by atoms with E-state index in [-0.39, 0.29) is 12.7 Å². The summed E-state index contributed by atoms with van der Waals surface area (Å²) in [5.74, 6) is 0.654. The third-order valence-electron chi connectivity index (χ3n) is 6.65. The molecule has 190 valence electrons. The zero-order valence-corrected chi connectivity index (χ0v) is 22.7. The Kier molecular flexibility index (Phi) is 9.50. The van der Waals surface area contributed by atoms with Gasteiger partial charge in [0.2, 0.25) is 0 Å². The molecular formula is C26H40O6P2. The van der Waals surface area contributed by atoms with E-state index in [1.54, 1.807) is 0 Å². The van der Waals surface area contributed by atoms with Crippen molar-refractivity contribution in [1.82, 2.24) is 0 Å². The van der Waals surface area contributed by atoms with E-state index in [0.717, 1.165) is 32.1 Å². The van der Waals surface area contributed by atoms with E-state index in [9.17, 15) is 14.4 Å². The van der Waals surface area contributed by atoms with E-state index in [1.165, 1.54) is 34.5 Å². The number of hydrogen-bond donors (Lipinski definition) is 2. The predicted molar refractivity (Wildman–Crippen MR) is 141 cm³/mol. The first-order valence-corrected chi connectivity index (χ1v) is 16.0. The Morgan fingerprint density at radius 1 is 1.29 bits per heavy atom. The summed E-state index contributed by atoms with van der Waals surface area (Å²) >= 11 is 0. The molecule has 1 saturated carbocycles. The van der Waals surface area contributed by atoms with Crippen LogP contribution in [-0.4, -0.2) is 29.2 Å². The van der Waals surface area contributed by atoms with Gasteiger partial charge < -0.3 is 0 Å². The van der Waals surface area contributed by atoms with Crippen LogP contribution in [0.15, 0.2) is 54.1 Å². The van der Waals surface area contributed by atoms with E-state index in [4.69, 9.17) is 13.4 Å². The van der Waals surface area contributed by atoms with Crippen LogP contribution >= 0.6 is 15.8 Å². The fraction of sp³-hybridized carbons (Fsp3) is 0.538. The van der Waals surface area contributed by atoms with Gasteiger partial charge in [0.1, 0.15) is 0 Å². The third kappa shape index (κ3) is 7.70. The van der Waals surface area contributed by atoms with E-state index < -0.39 is 15.8 Å². The summed E-state index contributed by atoms with van der Waals surface area (Å²) in [7, 11) is -8.13. The molecule has 8 heteroatoms. The minimum atomic E-state index is -4.33. The van der Waals surface area contributed by atoms with Crippen LogP contribution in [0.1, 0.15) is 76.3 Å². The molecule has 0 aromatic heterocycles. The van der Waals surface area contributed by atoms with Crippen LogP contribution in [0.25, 0.3) is 5.57 Å². The van der Waals surface area contributed by atoms with Crippen LogP contribution in [-0.2, 0) is 17.9 Å². The van der Waals surface area contributed by atoms with Crippen LogP contribution in [0.3, 0.4) is 0 Å². The number of benzene rings is 1. The molecule has 1 aromatic carbocycles. The number of phosphoric ester groups is 1. The van der Waals surface area contributed by atoms with Gasteiger partial charge in [-0.05, 0) is 18.9 Å². The molecule has 6 nitrogen and oxygen atoms in total. The van der Waals surface area contributed by atoms with E-state index in [0.29, 0.717) is 18.3 Å². The van der Waals surface area contributed by atoms with Crippen molar-refractivity contribution in [3.8, 4) is 0 Å². The molecule has 2 aliphatic rings. The van der Waals surface area contributed by atoms with Gasteiger partial charge in [-0.25, -0.2) is 0 Å². The monoisotopic (exact) mass is 510 g/mol. The quantitative estimate of drug-likeness (QED) is 0.226. The average molecular weight is 511 g/mol. The van der Waals surface area contributed by atoms with Crippen LogP contribution in [0, 0.1) is 5.92 Å². The zero-order chi connectivity index (χ0) is 24.9. The van der Waals surface area contributed by atoms with Crippen LogP contribution in [0.2, 0.25) is 0 Å². The molecule has 0 bridgehead atoms. The molecule has 2 aliphatic carbocycles. The summed E-state index contributed by atoms with van der Waals surface area (Å²) in [6, 6.07) is 8.88. The van der Waals surface area contributed by atoms with E-state index >= 15 is 0 Å². The topological polar surface area (TPSA) is 85.2 Å². The molecule has 3 rings (SSSR count). The van der Waals surface area contributed by atoms with Gasteiger partial charge in [-0.2, -0.15) is 0 Å². The number of rotatable bonds is 12. The second-order valence-electron chi connectivity index (χ2n) is 9.69. The fourth-order valence-electron chi connectivity index (χ4n) is 4.85. The van der Waals surface area contributed by atoms with Gasteiger partial charge in [0.25, 0.3) is 0 Å². The van der Waals surface area contributed by atoms with Crippen molar-refractivity contribution in [3.63, 3.8) is 0 Å².